The first kappa shape index (κ1) is 12.4. The standard InChI is InChI=1S/C8H12N4O3S/c9-5-6-1-3-7(4-2-6)16(14,15)12-11-8(10)13/h1-4,12H,5,9H2,(H3,10,11,13). The number of amides is 2. The summed E-state index contributed by atoms with van der Waals surface area (Å²) in [4.78, 5) is 12.2. The van der Waals surface area contributed by atoms with Gasteiger partial charge in [0.05, 0.1) is 4.90 Å². The van der Waals surface area contributed by atoms with Gasteiger partial charge in [0.25, 0.3) is 10.0 Å². The van der Waals surface area contributed by atoms with Gasteiger partial charge in [-0.15, -0.1) is 4.83 Å². The maximum absolute atomic E-state index is 11.5. The van der Waals surface area contributed by atoms with Crippen LogP contribution in [0.1, 0.15) is 5.56 Å². The van der Waals surface area contributed by atoms with Crippen molar-refractivity contribution in [2.75, 3.05) is 0 Å². The molecule has 2 amide bonds. The zero-order valence-corrected chi connectivity index (χ0v) is 9.12. The highest BCUT2D eigenvalue weighted by Gasteiger charge is 2.13. The lowest BCUT2D eigenvalue weighted by Crippen LogP contribution is -2.44. The molecule has 1 aromatic carbocycles. The molecule has 88 valence electrons. The van der Waals surface area contributed by atoms with Gasteiger partial charge in [-0.1, -0.05) is 12.1 Å². The molecule has 7 nitrogen and oxygen atoms in total. The first-order chi connectivity index (χ1) is 7.45. The minimum atomic E-state index is -3.78. The number of carbonyl (C=O) groups is 1. The van der Waals surface area contributed by atoms with Crippen molar-refractivity contribution in [3.8, 4) is 0 Å². The molecule has 0 aromatic heterocycles. The van der Waals surface area contributed by atoms with Crippen molar-refractivity contribution in [1.82, 2.24) is 10.3 Å². The number of nitrogens with two attached hydrogens (primary N) is 2. The lowest BCUT2D eigenvalue weighted by molar-refractivity contribution is 0.247. The van der Waals surface area contributed by atoms with Crippen LogP contribution in [0.15, 0.2) is 29.2 Å². The fourth-order valence-corrected chi connectivity index (χ4v) is 1.83. The molecule has 0 spiro atoms. The van der Waals surface area contributed by atoms with E-state index in [4.69, 9.17) is 11.5 Å². The lowest BCUT2D eigenvalue weighted by atomic mass is 10.2. The summed E-state index contributed by atoms with van der Waals surface area (Å²) in [5.74, 6) is 0. The largest absolute Gasteiger partial charge is 0.351 e. The SMILES string of the molecule is NCc1ccc(S(=O)(=O)NNC(N)=O)cc1. The van der Waals surface area contributed by atoms with Crippen molar-refractivity contribution in [3.63, 3.8) is 0 Å². The Hall–Kier alpha value is -1.64. The predicted molar refractivity (Wildman–Crippen MR) is 57.4 cm³/mol. The molecular weight excluding hydrogens is 232 g/mol. The maximum atomic E-state index is 11.5. The molecule has 0 aliphatic heterocycles. The molecule has 0 atom stereocenters. The summed E-state index contributed by atoms with van der Waals surface area (Å²) in [5, 5.41) is 0. The van der Waals surface area contributed by atoms with E-state index in [9.17, 15) is 13.2 Å². The Balaban J connectivity index is 2.85. The van der Waals surface area contributed by atoms with Crippen LogP contribution in [0.25, 0.3) is 0 Å². The molecule has 16 heavy (non-hydrogen) atoms. The second-order valence-electron chi connectivity index (χ2n) is 2.94. The third-order valence-corrected chi connectivity index (χ3v) is 3.04. The maximum Gasteiger partial charge on any atom is 0.327 e. The second-order valence-corrected chi connectivity index (χ2v) is 4.63. The molecule has 0 unspecified atom stereocenters. The highest BCUT2D eigenvalue weighted by Crippen LogP contribution is 2.09. The zero-order chi connectivity index (χ0) is 12.2. The molecule has 1 aromatic rings. The summed E-state index contributed by atoms with van der Waals surface area (Å²) >= 11 is 0. The van der Waals surface area contributed by atoms with Crippen molar-refractivity contribution in [3.05, 3.63) is 29.8 Å². The van der Waals surface area contributed by atoms with Gasteiger partial charge in [0.2, 0.25) is 0 Å². The first-order valence-electron chi connectivity index (χ1n) is 4.32. The normalized spacial score (nSPS) is 11.1. The van der Waals surface area contributed by atoms with Gasteiger partial charge in [0, 0.05) is 6.54 Å². The van der Waals surface area contributed by atoms with Crippen LogP contribution in [-0.4, -0.2) is 14.4 Å². The Labute approximate surface area is 92.8 Å². The predicted octanol–water partition coefficient (Wildman–Crippen LogP) is -0.993. The lowest BCUT2D eigenvalue weighted by Gasteiger charge is -2.06. The van der Waals surface area contributed by atoms with Crippen molar-refractivity contribution >= 4 is 16.1 Å². The Morgan fingerprint density at radius 2 is 1.81 bits per heavy atom. The van der Waals surface area contributed by atoms with E-state index in [0.717, 1.165) is 5.56 Å². The number of primary amides is 1. The van der Waals surface area contributed by atoms with Crippen molar-refractivity contribution < 1.29 is 13.2 Å². The van der Waals surface area contributed by atoms with E-state index in [1.807, 2.05) is 4.83 Å². The zero-order valence-electron chi connectivity index (χ0n) is 8.30. The summed E-state index contributed by atoms with van der Waals surface area (Å²) in [7, 11) is -3.78. The quantitative estimate of drug-likeness (QED) is 0.507. The Morgan fingerprint density at radius 3 is 2.25 bits per heavy atom. The van der Waals surface area contributed by atoms with Gasteiger partial charge in [-0.3, -0.25) is 5.43 Å². The number of hydrazine groups is 1. The molecule has 0 saturated carbocycles. The smallest absolute Gasteiger partial charge is 0.327 e. The van der Waals surface area contributed by atoms with E-state index in [-0.39, 0.29) is 4.90 Å². The van der Waals surface area contributed by atoms with Crippen LogP contribution in [0.2, 0.25) is 0 Å². The second kappa shape index (κ2) is 4.92. The summed E-state index contributed by atoms with van der Waals surface area (Å²) in [6.07, 6.45) is 0. The van der Waals surface area contributed by atoms with E-state index >= 15 is 0 Å². The monoisotopic (exact) mass is 244 g/mol. The molecule has 0 aliphatic carbocycles. The molecule has 0 radical (unpaired) electrons. The Bertz CT molecular complexity index is 469. The molecule has 0 heterocycles. The van der Waals surface area contributed by atoms with Gasteiger partial charge in [-0.2, -0.15) is 0 Å². The van der Waals surface area contributed by atoms with E-state index in [2.05, 4.69) is 0 Å². The van der Waals surface area contributed by atoms with Crippen LogP contribution in [0.3, 0.4) is 0 Å². The summed E-state index contributed by atoms with van der Waals surface area (Å²) in [6, 6.07) is 4.94. The van der Waals surface area contributed by atoms with Crippen LogP contribution in [0, 0.1) is 0 Å². The van der Waals surface area contributed by atoms with Crippen LogP contribution in [-0.2, 0) is 16.6 Å². The Kier molecular flexibility index (Phi) is 3.82. The third kappa shape index (κ3) is 3.19. The molecule has 0 saturated heterocycles. The number of carbonyl (C=O) groups excluding carboxylic acids is 1. The summed E-state index contributed by atoms with van der Waals surface area (Å²) in [5.41, 5.74) is 12.7. The average molecular weight is 244 g/mol. The summed E-state index contributed by atoms with van der Waals surface area (Å²) in [6.45, 7) is 0.327. The third-order valence-electron chi connectivity index (χ3n) is 1.78. The van der Waals surface area contributed by atoms with Gasteiger partial charge in [0.15, 0.2) is 0 Å². The van der Waals surface area contributed by atoms with E-state index < -0.39 is 16.1 Å². The number of hydrogen-bond donors (Lipinski definition) is 4. The van der Waals surface area contributed by atoms with Gasteiger partial charge in [-0.05, 0) is 17.7 Å². The number of urea groups is 1. The molecule has 8 heteroatoms. The minimum absolute atomic E-state index is 0.0125. The number of benzene rings is 1. The fourth-order valence-electron chi connectivity index (χ4n) is 0.981. The van der Waals surface area contributed by atoms with E-state index in [1.54, 1.807) is 17.6 Å². The van der Waals surface area contributed by atoms with Crippen LogP contribution >= 0.6 is 0 Å². The van der Waals surface area contributed by atoms with E-state index in [1.165, 1.54) is 12.1 Å². The number of rotatable bonds is 4. The molecule has 0 aliphatic rings. The number of hydrogen-bond acceptors (Lipinski definition) is 4. The van der Waals surface area contributed by atoms with Gasteiger partial charge in [0.1, 0.15) is 0 Å². The average Bonchev–Trinajstić information content (AvgIpc) is 2.27. The van der Waals surface area contributed by atoms with Crippen molar-refractivity contribution in [1.29, 1.82) is 0 Å². The van der Waals surface area contributed by atoms with Crippen molar-refractivity contribution in [2.45, 2.75) is 11.4 Å². The summed E-state index contributed by atoms with van der Waals surface area (Å²) < 4.78 is 23.0. The van der Waals surface area contributed by atoms with Crippen LogP contribution in [0.4, 0.5) is 4.79 Å². The minimum Gasteiger partial charge on any atom is -0.351 e. The van der Waals surface area contributed by atoms with Crippen molar-refractivity contribution in [2.24, 2.45) is 11.5 Å². The van der Waals surface area contributed by atoms with Gasteiger partial charge < -0.3 is 11.5 Å². The molecular formula is C8H12N4O3S. The molecule has 6 N–H and O–H groups in total. The van der Waals surface area contributed by atoms with E-state index in [0.29, 0.717) is 6.54 Å². The highest BCUT2D eigenvalue weighted by atomic mass is 32.2. The topological polar surface area (TPSA) is 127 Å². The Morgan fingerprint density at radius 1 is 1.25 bits per heavy atom. The molecule has 0 fully saturated rings. The van der Waals surface area contributed by atoms with Gasteiger partial charge >= 0.3 is 6.03 Å². The first-order valence-corrected chi connectivity index (χ1v) is 5.80. The molecule has 0 bridgehead atoms. The van der Waals surface area contributed by atoms with Gasteiger partial charge in [-0.25, -0.2) is 13.2 Å². The molecule has 1 rings (SSSR count). The fraction of sp³-hybridized carbons (Fsp3) is 0.125. The number of nitrogens with one attached hydrogen (secondary N) is 2. The number of sulfonamides is 1. The van der Waals surface area contributed by atoms with Crippen LogP contribution < -0.4 is 21.7 Å². The highest BCUT2D eigenvalue weighted by molar-refractivity contribution is 7.89. The van der Waals surface area contributed by atoms with Crippen LogP contribution in [0.5, 0.6) is 0 Å².